The molecule has 0 aromatic carbocycles. The number of hydrogen-bond acceptors (Lipinski definition) is 2. The standard InChI is InChI=1S/C6H11NO2/c1-3-4(2)6(3,7)5(8)9/h3-4H,7H2,1-2H3,(H,8,9)/t3-,4-/m0/s1. The molecule has 52 valence electrons. The highest BCUT2D eigenvalue weighted by atomic mass is 16.4. The molecular weight excluding hydrogens is 118 g/mol. The summed E-state index contributed by atoms with van der Waals surface area (Å²) in [6.07, 6.45) is 0. The van der Waals surface area contributed by atoms with Crippen LogP contribution in [-0.2, 0) is 4.79 Å². The van der Waals surface area contributed by atoms with Crippen LogP contribution >= 0.6 is 0 Å². The Morgan fingerprint density at radius 2 is 1.89 bits per heavy atom. The molecule has 1 aliphatic rings. The van der Waals surface area contributed by atoms with Crippen molar-refractivity contribution in [1.82, 2.24) is 0 Å². The minimum absolute atomic E-state index is 0.134. The van der Waals surface area contributed by atoms with Crippen LogP contribution in [0.1, 0.15) is 13.8 Å². The Hall–Kier alpha value is -0.570. The van der Waals surface area contributed by atoms with E-state index in [1.54, 1.807) is 0 Å². The highest BCUT2D eigenvalue weighted by Crippen LogP contribution is 2.47. The second-order valence-corrected chi connectivity index (χ2v) is 2.82. The van der Waals surface area contributed by atoms with Crippen molar-refractivity contribution in [2.45, 2.75) is 19.4 Å². The number of carbonyl (C=O) groups is 1. The van der Waals surface area contributed by atoms with Crippen molar-refractivity contribution < 1.29 is 9.90 Å². The van der Waals surface area contributed by atoms with Crippen molar-refractivity contribution in [3.63, 3.8) is 0 Å². The second kappa shape index (κ2) is 1.48. The van der Waals surface area contributed by atoms with Crippen LogP contribution in [0.3, 0.4) is 0 Å². The van der Waals surface area contributed by atoms with E-state index in [1.165, 1.54) is 0 Å². The summed E-state index contributed by atoms with van der Waals surface area (Å²) >= 11 is 0. The molecule has 0 unspecified atom stereocenters. The number of nitrogens with two attached hydrogens (primary N) is 1. The first-order valence-electron chi connectivity index (χ1n) is 3.03. The van der Waals surface area contributed by atoms with Crippen molar-refractivity contribution in [2.24, 2.45) is 17.6 Å². The van der Waals surface area contributed by atoms with Crippen LogP contribution in [-0.4, -0.2) is 16.6 Å². The Balaban J connectivity index is 2.71. The Kier molecular flexibility index (Phi) is 1.07. The van der Waals surface area contributed by atoms with Gasteiger partial charge in [-0.2, -0.15) is 0 Å². The van der Waals surface area contributed by atoms with E-state index in [0.717, 1.165) is 0 Å². The van der Waals surface area contributed by atoms with E-state index in [4.69, 9.17) is 10.8 Å². The fourth-order valence-corrected chi connectivity index (χ4v) is 1.20. The van der Waals surface area contributed by atoms with Gasteiger partial charge in [0.15, 0.2) is 0 Å². The van der Waals surface area contributed by atoms with E-state index in [9.17, 15) is 4.79 Å². The van der Waals surface area contributed by atoms with Crippen molar-refractivity contribution in [3.8, 4) is 0 Å². The molecule has 2 atom stereocenters. The van der Waals surface area contributed by atoms with Gasteiger partial charge in [0.05, 0.1) is 0 Å². The third-order valence-electron chi connectivity index (χ3n) is 2.52. The fourth-order valence-electron chi connectivity index (χ4n) is 1.20. The maximum Gasteiger partial charge on any atom is 0.324 e. The maximum absolute atomic E-state index is 10.4. The summed E-state index contributed by atoms with van der Waals surface area (Å²) in [7, 11) is 0. The zero-order valence-corrected chi connectivity index (χ0v) is 5.59. The summed E-state index contributed by atoms with van der Waals surface area (Å²) in [5.41, 5.74) is 4.56. The Morgan fingerprint density at radius 3 is 1.89 bits per heavy atom. The van der Waals surface area contributed by atoms with Crippen molar-refractivity contribution in [2.75, 3.05) is 0 Å². The molecule has 9 heavy (non-hydrogen) atoms. The molecule has 0 aromatic heterocycles. The van der Waals surface area contributed by atoms with Gasteiger partial charge in [-0.15, -0.1) is 0 Å². The third kappa shape index (κ3) is 0.580. The number of aliphatic carboxylic acids is 1. The van der Waals surface area contributed by atoms with Gasteiger partial charge >= 0.3 is 5.97 Å². The monoisotopic (exact) mass is 129 g/mol. The summed E-state index contributed by atoms with van der Waals surface area (Å²) in [6, 6.07) is 0. The lowest BCUT2D eigenvalue weighted by Gasteiger charge is -2.00. The van der Waals surface area contributed by atoms with Crippen LogP contribution in [0.2, 0.25) is 0 Å². The summed E-state index contributed by atoms with van der Waals surface area (Å²) < 4.78 is 0. The van der Waals surface area contributed by atoms with Gasteiger partial charge in [-0.1, -0.05) is 13.8 Å². The van der Waals surface area contributed by atoms with Crippen LogP contribution < -0.4 is 5.73 Å². The normalized spacial score (nSPS) is 48.8. The van der Waals surface area contributed by atoms with Gasteiger partial charge in [0.1, 0.15) is 5.54 Å². The van der Waals surface area contributed by atoms with Crippen molar-refractivity contribution in [3.05, 3.63) is 0 Å². The van der Waals surface area contributed by atoms with Gasteiger partial charge in [-0.05, 0) is 11.8 Å². The Bertz CT molecular complexity index is 147. The third-order valence-corrected chi connectivity index (χ3v) is 2.52. The molecule has 0 radical (unpaired) electrons. The lowest BCUT2D eigenvalue weighted by molar-refractivity contribution is -0.140. The van der Waals surface area contributed by atoms with E-state index in [2.05, 4.69) is 0 Å². The van der Waals surface area contributed by atoms with Gasteiger partial charge < -0.3 is 10.8 Å². The predicted octanol–water partition coefficient (Wildman–Crippen LogP) is 0.0543. The highest BCUT2D eigenvalue weighted by Gasteiger charge is 2.62. The SMILES string of the molecule is C[C@H]1[C@H](C)C1(N)C(=O)O. The predicted molar refractivity (Wildman–Crippen MR) is 32.9 cm³/mol. The lowest BCUT2D eigenvalue weighted by Crippen LogP contribution is -2.36. The van der Waals surface area contributed by atoms with Crippen LogP contribution in [0, 0.1) is 11.8 Å². The zero-order valence-electron chi connectivity index (χ0n) is 5.59. The van der Waals surface area contributed by atoms with E-state index in [1.807, 2.05) is 13.8 Å². The molecule has 0 aliphatic heterocycles. The first kappa shape index (κ1) is 6.55. The zero-order chi connectivity index (χ0) is 7.23. The summed E-state index contributed by atoms with van der Waals surface area (Å²) in [5, 5.41) is 8.53. The molecule has 3 heteroatoms. The minimum Gasteiger partial charge on any atom is -0.480 e. The molecular formula is C6H11NO2. The van der Waals surface area contributed by atoms with Gasteiger partial charge in [0.2, 0.25) is 0 Å². The fraction of sp³-hybridized carbons (Fsp3) is 0.833. The minimum atomic E-state index is -0.917. The molecule has 1 fully saturated rings. The maximum atomic E-state index is 10.4. The molecule has 0 heterocycles. The number of hydrogen-bond donors (Lipinski definition) is 2. The first-order valence-corrected chi connectivity index (χ1v) is 3.03. The van der Waals surface area contributed by atoms with Crippen LogP contribution in [0.15, 0.2) is 0 Å². The summed E-state index contributed by atoms with van der Waals surface area (Å²) in [4.78, 5) is 10.4. The molecule has 3 nitrogen and oxygen atoms in total. The molecule has 0 aromatic rings. The number of carboxylic acid groups (broad SMARTS) is 1. The molecule has 3 N–H and O–H groups in total. The molecule has 0 bridgehead atoms. The van der Waals surface area contributed by atoms with Gasteiger partial charge in [0.25, 0.3) is 0 Å². The molecule has 0 amide bonds. The molecule has 1 aliphatic carbocycles. The molecule has 1 rings (SSSR count). The number of carboxylic acids is 1. The number of rotatable bonds is 1. The topological polar surface area (TPSA) is 63.3 Å². The van der Waals surface area contributed by atoms with E-state index < -0.39 is 11.5 Å². The largest absolute Gasteiger partial charge is 0.480 e. The van der Waals surface area contributed by atoms with E-state index >= 15 is 0 Å². The average molecular weight is 129 g/mol. The van der Waals surface area contributed by atoms with Gasteiger partial charge in [-0.25, -0.2) is 0 Å². The van der Waals surface area contributed by atoms with E-state index in [-0.39, 0.29) is 11.8 Å². The average Bonchev–Trinajstić information content (AvgIpc) is 2.22. The van der Waals surface area contributed by atoms with E-state index in [0.29, 0.717) is 0 Å². The van der Waals surface area contributed by atoms with Crippen LogP contribution in [0.5, 0.6) is 0 Å². The Labute approximate surface area is 53.9 Å². The molecule has 1 saturated carbocycles. The smallest absolute Gasteiger partial charge is 0.324 e. The summed E-state index contributed by atoms with van der Waals surface area (Å²) in [5.74, 6) is -0.604. The second-order valence-electron chi connectivity index (χ2n) is 2.82. The molecule has 0 saturated heterocycles. The quantitative estimate of drug-likeness (QED) is 0.526. The van der Waals surface area contributed by atoms with Gasteiger partial charge in [0, 0.05) is 0 Å². The summed E-state index contributed by atoms with van der Waals surface area (Å²) in [6.45, 7) is 3.72. The molecule has 0 spiro atoms. The van der Waals surface area contributed by atoms with Crippen LogP contribution in [0.25, 0.3) is 0 Å². The highest BCUT2D eigenvalue weighted by molar-refractivity contribution is 5.83. The van der Waals surface area contributed by atoms with Crippen LogP contribution in [0.4, 0.5) is 0 Å². The first-order chi connectivity index (χ1) is 4.01. The Morgan fingerprint density at radius 1 is 1.56 bits per heavy atom. The lowest BCUT2D eigenvalue weighted by atomic mass is 10.2. The van der Waals surface area contributed by atoms with Crippen molar-refractivity contribution in [1.29, 1.82) is 0 Å². The van der Waals surface area contributed by atoms with Gasteiger partial charge in [-0.3, -0.25) is 4.79 Å². The van der Waals surface area contributed by atoms with Crippen molar-refractivity contribution >= 4 is 5.97 Å².